The highest BCUT2D eigenvalue weighted by Crippen LogP contribution is 2.18. The third-order valence-corrected chi connectivity index (χ3v) is 5.11. The molecule has 1 fully saturated rings. The van der Waals surface area contributed by atoms with Crippen LogP contribution in [0.4, 0.5) is 10.7 Å². The van der Waals surface area contributed by atoms with E-state index in [0.717, 1.165) is 11.4 Å². The first-order valence-electron chi connectivity index (χ1n) is 11.0. The van der Waals surface area contributed by atoms with Gasteiger partial charge in [-0.3, -0.25) is 9.47 Å². The van der Waals surface area contributed by atoms with E-state index in [-0.39, 0.29) is 6.61 Å². The first-order chi connectivity index (χ1) is 16.3. The summed E-state index contributed by atoms with van der Waals surface area (Å²) in [4.78, 5) is 33.2. The smallest absolute Gasteiger partial charge is 0.410 e. The number of pyridine rings is 1. The van der Waals surface area contributed by atoms with Gasteiger partial charge in [0.25, 0.3) is 0 Å². The Morgan fingerprint density at radius 3 is 2.47 bits per heavy atom. The molecule has 1 amide bonds. The normalized spacial score (nSPS) is 16.1. The van der Waals surface area contributed by atoms with Gasteiger partial charge in [-0.2, -0.15) is 0 Å². The Morgan fingerprint density at radius 2 is 1.85 bits per heavy atom. The molecule has 1 atom stereocenters. The second-order valence-corrected chi connectivity index (χ2v) is 8.85. The van der Waals surface area contributed by atoms with Crippen molar-refractivity contribution in [2.75, 3.05) is 31.1 Å². The van der Waals surface area contributed by atoms with Crippen LogP contribution in [0, 0.1) is 11.8 Å². The molecule has 3 aromatic heterocycles. The van der Waals surface area contributed by atoms with Crippen molar-refractivity contribution in [3.8, 4) is 17.7 Å². The molecular formula is C24H27N7O3. The minimum absolute atomic E-state index is 0.174. The average Bonchev–Trinajstić information content (AvgIpc) is 3.37. The van der Waals surface area contributed by atoms with E-state index in [2.05, 4.69) is 31.8 Å². The average molecular weight is 462 g/mol. The standard InChI is InChI=1S/C24H27N7O3/c1-24(2,3)34-23(33)31-11-10-29(15-20(31)16-32)22-27-13-19(14-28-22)5-4-18-6-7-21(26-12-18)30-9-8-25-17-30/h6-9,12-14,17,20,32H,10-11,15-16H2,1-3H3/t20-/m1/s1. The second kappa shape index (κ2) is 9.89. The van der Waals surface area contributed by atoms with E-state index in [1.165, 1.54) is 0 Å². The Hall–Kier alpha value is -3.97. The van der Waals surface area contributed by atoms with Gasteiger partial charge < -0.3 is 14.7 Å². The summed E-state index contributed by atoms with van der Waals surface area (Å²) in [7, 11) is 0. The Balaban J connectivity index is 1.38. The molecule has 0 aliphatic carbocycles. The minimum Gasteiger partial charge on any atom is -0.444 e. The number of ether oxygens (including phenoxy) is 1. The molecule has 176 valence electrons. The van der Waals surface area contributed by atoms with Crippen LogP contribution < -0.4 is 4.90 Å². The first kappa shape index (κ1) is 23.2. The van der Waals surface area contributed by atoms with Crippen molar-refractivity contribution >= 4 is 12.0 Å². The highest BCUT2D eigenvalue weighted by atomic mass is 16.6. The molecule has 0 saturated carbocycles. The molecule has 4 heterocycles. The SMILES string of the molecule is CC(C)(C)OC(=O)N1CCN(c2ncc(C#Cc3ccc(-n4ccnc4)nc3)cn2)C[C@@H]1CO. The van der Waals surface area contributed by atoms with Gasteiger partial charge in [-0.05, 0) is 32.9 Å². The summed E-state index contributed by atoms with van der Waals surface area (Å²) in [6.07, 6.45) is 9.82. The van der Waals surface area contributed by atoms with Gasteiger partial charge in [0.05, 0.1) is 18.2 Å². The first-order valence-corrected chi connectivity index (χ1v) is 11.0. The molecule has 0 bridgehead atoms. The molecule has 10 nitrogen and oxygen atoms in total. The fourth-order valence-corrected chi connectivity index (χ4v) is 3.45. The van der Waals surface area contributed by atoms with E-state index in [1.54, 1.807) is 36.0 Å². The van der Waals surface area contributed by atoms with E-state index >= 15 is 0 Å². The quantitative estimate of drug-likeness (QED) is 0.589. The third kappa shape index (κ3) is 5.68. The summed E-state index contributed by atoms with van der Waals surface area (Å²) in [6, 6.07) is 3.37. The van der Waals surface area contributed by atoms with Crippen molar-refractivity contribution in [3.05, 3.63) is 60.6 Å². The fraction of sp³-hybridized carbons (Fsp3) is 0.375. The van der Waals surface area contributed by atoms with Crippen LogP contribution >= 0.6 is 0 Å². The third-order valence-electron chi connectivity index (χ3n) is 5.11. The zero-order chi connectivity index (χ0) is 24.1. The number of piperazine rings is 1. The Labute approximate surface area is 198 Å². The van der Waals surface area contributed by atoms with Gasteiger partial charge >= 0.3 is 6.09 Å². The lowest BCUT2D eigenvalue weighted by Crippen LogP contribution is -2.57. The topological polar surface area (TPSA) is 110 Å². The van der Waals surface area contributed by atoms with Crippen LogP contribution in [0.2, 0.25) is 0 Å². The van der Waals surface area contributed by atoms with Gasteiger partial charge in [0.15, 0.2) is 0 Å². The molecule has 0 radical (unpaired) electrons. The fourth-order valence-electron chi connectivity index (χ4n) is 3.45. The van der Waals surface area contributed by atoms with E-state index in [1.807, 2.05) is 48.6 Å². The van der Waals surface area contributed by atoms with Crippen LogP contribution in [0.25, 0.3) is 5.82 Å². The van der Waals surface area contributed by atoms with Crippen molar-refractivity contribution in [1.82, 2.24) is 29.4 Å². The number of aliphatic hydroxyl groups is 1. The number of amides is 1. The molecule has 1 saturated heterocycles. The summed E-state index contributed by atoms with van der Waals surface area (Å²) in [5.41, 5.74) is 0.859. The molecule has 0 unspecified atom stereocenters. The van der Waals surface area contributed by atoms with Gasteiger partial charge in [-0.15, -0.1) is 0 Å². The number of carbonyl (C=O) groups excluding carboxylic acids is 1. The van der Waals surface area contributed by atoms with Crippen LogP contribution in [-0.2, 0) is 4.74 Å². The molecule has 1 aliphatic rings. The van der Waals surface area contributed by atoms with E-state index in [0.29, 0.717) is 31.1 Å². The molecule has 1 N–H and O–H groups in total. The van der Waals surface area contributed by atoms with Gasteiger partial charge in [-0.1, -0.05) is 11.8 Å². The zero-order valence-electron chi connectivity index (χ0n) is 19.4. The Kier molecular flexibility index (Phi) is 6.75. The van der Waals surface area contributed by atoms with Crippen LogP contribution in [-0.4, -0.2) is 78.5 Å². The number of hydrogen-bond donors (Lipinski definition) is 1. The Morgan fingerprint density at radius 1 is 1.12 bits per heavy atom. The highest BCUT2D eigenvalue weighted by molar-refractivity contribution is 5.69. The summed E-state index contributed by atoms with van der Waals surface area (Å²) in [5, 5.41) is 9.82. The lowest BCUT2D eigenvalue weighted by Gasteiger charge is -2.40. The maximum atomic E-state index is 12.5. The van der Waals surface area contributed by atoms with Gasteiger partial charge in [0.1, 0.15) is 17.7 Å². The van der Waals surface area contributed by atoms with E-state index in [9.17, 15) is 9.90 Å². The van der Waals surface area contributed by atoms with E-state index < -0.39 is 17.7 Å². The van der Waals surface area contributed by atoms with Crippen LogP contribution in [0.3, 0.4) is 0 Å². The molecule has 10 heteroatoms. The summed E-state index contributed by atoms with van der Waals surface area (Å²) in [6.45, 7) is 6.65. The second-order valence-electron chi connectivity index (χ2n) is 8.85. The summed E-state index contributed by atoms with van der Waals surface area (Å²) in [5.74, 6) is 7.40. The van der Waals surface area contributed by atoms with Crippen LogP contribution in [0.15, 0.2) is 49.4 Å². The van der Waals surface area contributed by atoms with Crippen LogP contribution in [0.1, 0.15) is 31.9 Å². The Bertz CT molecular complexity index is 1160. The van der Waals surface area contributed by atoms with E-state index in [4.69, 9.17) is 4.74 Å². The van der Waals surface area contributed by atoms with Crippen molar-refractivity contribution in [2.24, 2.45) is 0 Å². The predicted molar refractivity (Wildman–Crippen MR) is 125 cm³/mol. The van der Waals surface area contributed by atoms with Gasteiger partial charge in [0, 0.05) is 56.2 Å². The van der Waals surface area contributed by atoms with Crippen molar-refractivity contribution < 1.29 is 14.6 Å². The number of rotatable bonds is 3. The number of anilines is 1. The summed E-state index contributed by atoms with van der Waals surface area (Å²) >= 11 is 0. The van der Waals surface area contributed by atoms with Gasteiger partial charge in [-0.25, -0.2) is 24.7 Å². The molecule has 0 spiro atoms. The number of aromatic nitrogens is 5. The largest absolute Gasteiger partial charge is 0.444 e. The number of nitrogens with zero attached hydrogens (tertiary/aromatic N) is 7. The minimum atomic E-state index is -0.591. The number of hydrogen-bond acceptors (Lipinski definition) is 8. The summed E-state index contributed by atoms with van der Waals surface area (Å²) < 4.78 is 7.27. The van der Waals surface area contributed by atoms with Crippen molar-refractivity contribution in [1.29, 1.82) is 0 Å². The van der Waals surface area contributed by atoms with Gasteiger partial charge in [0.2, 0.25) is 5.95 Å². The number of imidazole rings is 1. The van der Waals surface area contributed by atoms with Crippen molar-refractivity contribution in [2.45, 2.75) is 32.4 Å². The molecule has 1 aliphatic heterocycles. The molecule has 0 aromatic carbocycles. The monoisotopic (exact) mass is 461 g/mol. The maximum Gasteiger partial charge on any atom is 0.410 e. The lowest BCUT2D eigenvalue weighted by atomic mass is 10.2. The predicted octanol–water partition coefficient (Wildman–Crippen LogP) is 1.88. The molecule has 4 rings (SSSR count). The molecule has 34 heavy (non-hydrogen) atoms. The lowest BCUT2D eigenvalue weighted by molar-refractivity contribution is 0.00693. The molecular weight excluding hydrogens is 434 g/mol. The number of aliphatic hydroxyl groups excluding tert-OH is 1. The highest BCUT2D eigenvalue weighted by Gasteiger charge is 2.33. The number of carbonyl (C=O) groups is 1. The van der Waals surface area contributed by atoms with Crippen LogP contribution in [0.5, 0.6) is 0 Å². The molecule has 3 aromatic rings. The maximum absolute atomic E-state index is 12.5. The van der Waals surface area contributed by atoms with Crippen molar-refractivity contribution in [3.63, 3.8) is 0 Å². The zero-order valence-corrected chi connectivity index (χ0v) is 19.4.